The van der Waals surface area contributed by atoms with Crippen molar-refractivity contribution in [3.63, 3.8) is 0 Å². The highest BCUT2D eigenvalue weighted by Crippen LogP contribution is 2.37. The van der Waals surface area contributed by atoms with Crippen LogP contribution in [0.2, 0.25) is 5.02 Å². The first-order valence-corrected chi connectivity index (χ1v) is 11.3. The van der Waals surface area contributed by atoms with E-state index in [9.17, 15) is 10.5 Å². The minimum atomic E-state index is 0.210. The quantitative estimate of drug-likeness (QED) is 0.562. The third-order valence-corrected chi connectivity index (χ3v) is 6.64. The average molecular weight is 479 g/mol. The lowest BCUT2D eigenvalue weighted by molar-refractivity contribution is -0.0691. The van der Waals surface area contributed by atoms with Crippen LogP contribution in [-0.4, -0.2) is 76.5 Å². The molecular formula is C22H23ClN10O. The van der Waals surface area contributed by atoms with Gasteiger partial charge in [0.05, 0.1) is 53.5 Å². The van der Waals surface area contributed by atoms with Gasteiger partial charge in [-0.3, -0.25) is 4.90 Å². The molecule has 0 saturated carbocycles. The Hall–Kier alpha value is -3.64. The Morgan fingerprint density at radius 1 is 1.18 bits per heavy atom. The van der Waals surface area contributed by atoms with Gasteiger partial charge in [0.1, 0.15) is 11.6 Å². The number of benzene rings is 1. The van der Waals surface area contributed by atoms with E-state index >= 15 is 0 Å². The molecule has 174 valence electrons. The molecule has 2 aromatic heterocycles. The highest BCUT2D eigenvalue weighted by molar-refractivity contribution is 6.36. The van der Waals surface area contributed by atoms with Gasteiger partial charge in [-0.15, -0.1) is 0 Å². The molecule has 3 aromatic rings. The van der Waals surface area contributed by atoms with Crippen LogP contribution in [0.1, 0.15) is 18.1 Å². The summed E-state index contributed by atoms with van der Waals surface area (Å²) >= 11 is 6.86. The summed E-state index contributed by atoms with van der Waals surface area (Å²) in [6.07, 6.45) is 1.44. The van der Waals surface area contributed by atoms with Crippen LogP contribution in [0.5, 0.6) is 0 Å². The molecule has 2 aliphatic heterocycles. The Morgan fingerprint density at radius 3 is 2.65 bits per heavy atom. The van der Waals surface area contributed by atoms with Crippen LogP contribution >= 0.6 is 11.6 Å². The van der Waals surface area contributed by atoms with E-state index in [1.165, 1.54) is 10.7 Å². The molecule has 2 N–H and O–H groups in total. The first kappa shape index (κ1) is 22.2. The predicted octanol–water partition coefficient (Wildman–Crippen LogP) is 2.22. The molecule has 34 heavy (non-hydrogen) atoms. The van der Waals surface area contributed by atoms with E-state index in [0.29, 0.717) is 39.5 Å². The minimum absolute atomic E-state index is 0.210. The molecule has 0 unspecified atom stereocenters. The zero-order chi connectivity index (χ0) is 23.8. The molecule has 1 atom stereocenters. The molecule has 0 amide bonds. The van der Waals surface area contributed by atoms with Gasteiger partial charge in [0.25, 0.3) is 0 Å². The smallest absolute Gasteiger partial charge is 0.232 e. The number of fused-ring (bicyclic) bond motifs is 1. The fourth-order valence-electron chi connectivity index (χ4n) is 4.38. The molecular weight excluding hydrogens is 456 g/mol. The highest BCUT2D eigenvalue weighted by Gasteiger charge is 2.33. The molecule has 11 nitrogen and oxygen atoms in total. The molecule has 2 fully saturated rings. The van der Waals surface area contributed by atoms with Gasteiger partial charge in [0, 0.05) is 32.7 Å². The van der Waals surface area contributed by atoms with Gasteiger partial charge in [-0.2, -0.15) is 30.1 Å². The molecule has 0 bridgehead atoms. The fraction of sp³-hybridized carbons (Fsp3) is 0.409. The Labute approximate surface area is 201 Å². The van der Waals surface area contributed by atoms with Gasteiger partial charge in [-0.05, 0) is 19.1 Å². The van der Waals surface area contributed by atoms with Crippen molar-refractivity contribution in [2.24, 2.45) is 0 Å². The normalized spacial score (nSPS) is 18.9. The number of anilines is 4. The molecule has 0 spiro atoms. The SMILES string of the molecule is CNc1nc(Nc2cc(C#N)cc(N3CCN(C4COC4)C[C@@H]3C)c2Cl)nc2c(C#N)cnn12. The fourth-order valence-corrected chi connectivity index (χ4v) is 4.64. The molecule has 12 heteroatoms. The number of hydrogen-bond acceptors (Lipinski definition) is 10. The van der Waals surface area contributed by atoms with Crippen molar-refractivity contribution in [3.05, 3.63) is 34.5 Å². The van der Waals surface area contributed by atoms with Crippen molar-refractivity contribution in [1.29, 1.82) is 10.5 Å². The van der Waals surface area contributed by atoms with Gasteiger partial charge in [0.2, 0.25) is 11.9 Å². The molecule has 0 aliphatic carbocycles. The maximum absolute atomic E-state index is 9.68. The number of nitrogens with zero attached hydrogens (tertiary/aromatic N) is 8. The summed E-state index contributed by atoms with van der Waals surface area (Å²) < 4.78 is 6.80. The monoisotopic (exact) mass is 478 g/mol. The molecule has 1 aromatic carbocycles. The summed E-state index contributed by atoms with van der Waals surface area (Å²) in [6.45, 7) is 6.32. The molecule has 0 radical (unpaired) electrons. The zero-order valence-corrected chi connectivity index (χ0v) is 19.5. The summed E-state index contributed by atoms with van der Waals surface area (Å²) in [5, 5.41) is 29.8. The molecule has 2 aliphatic rings. The summed E-state index contributed by atoms with van der Waals surface area (Å²) in [4.78, 5) is 13.6. The largest absolute Gasteiger partial charge is 0.378 e. The lowest BCUT2D eigenvalue weighted by Gasteiger charge is -2.46. The molecule has 4 heterocycles. The van der Waals surface area contributed by atoms with E-state index in [0.717, 1.165) is 38.5 Å². The maximum Gasteiger partial charge on any atom is 0.232 e. The maximum atomic E-state index is 9.68. The lowest BCUT2D eigenvalue weighted by Crippen LogP contribution is -2.59. The first-order chi connectivity index (χ1) is 16.5. The predicted molar refractivity (Wildman–Crippen MR) is 127 cm³/mol. The highest BCUT2D eigenvalue weighted by atomic mass is 35.5. The number of ether oxygens (including phenoxy) is 1. The number of nitriles is 2. The zero-order valence-electron chi connectivity index (χ0n) is 18.8. The molecule has 5 rings (SSSR count). The van der Waals surface area contributed by atoms with Crippen LogP contribution in [0.15, 0.2) is 18.3 Å². The van der Waals surface area contributed by atoms with Gasteiger partial charge >= 0.3 is 0 Å². The Morgan fingerprint density at radius 2 is 2.00 bits per heavy atom. The van der Waals surface area contributed by atoms with E-state index < -0.39 is 0 Å². The van der Waals surface area contributed by atoms with E-state index in [2.05, 4.69) is 54.6 Å². The topological polar surface area (TPSA) is 130 Å². The van der Waals surface area contributed by atoms with Crippen LogP contribution in [0.3, 0.4) is 0 Å². The van der Waals surface area contributed by atoms with Gasteiger partial charge in [-0.1, -0.05) is 11.6 Å². The second kappa shape index (κ2) is 8.95. The number of rotatable bonds is 5. The summed E-state index contributed by atoms with van der Waals surface area (Å²) in [7, 11) is 1.71. The van der Waals surface area contributed by atoms with Crippen molar-refractivity contribution in [2.75, 3.05) is 55.4 Å². The Balaban J connectivity index is 1.48. The number of piperazine rings is 1. The van der Waals surface area contributed by atoms with Crippen molar-refractivity contribution in [2.45, 2.75) is 19.0 Å². The number of nitrogens with one attached hydrogen (secondary N) is 2. The minimum Gasteiger partial charge on any atom is -0.378 e. The van der Waals surface area contributed by atoms with E-state index in [4.69, 9.17) is 16.3 Å². The van der Waals surface area contributed by atoms with Crippen LogP contribution in [0.4, 0.5) is 23.3 Å². The van der Waals surface area contributed by atoms with Gasteiger partial charge < -0.3 is 20.3 Å². The van der Waals surface area contributed by atoms with Crippen LogP contribution in [0, 0.1) is 22.7 Å². The van der Waals surface area contributed by atoms with Crippen molar-refractivity contribution >= 4 is 40.5 Å². The number of halogens is 1. The van der Waals surface area contributed by atoms with Crippen LogP contribution in [-0.2, 0) is 4.74 Å². The van der Waals surface area contributed by atoms with Gasteiger partial charge in [0.15, 0.2) is 5.65 Å². The van der Waals surface area contributed by atoms with E-state index in [1.807, 2.05) is 6.07 Å². The molecule has 2 saturated heterocycles. The van der Waals surface area contributed by atoms with Crippen molar-refractivity contribution in [1.82, 2.24) is 24.5 Å². The lowest BCUT2D eigenvalue weighted by atomic mass is 10.1. The summed E-state index contributed by atoms with van der Waals surface area (Å²) in [5.74, 6) is 0.645. The summed E-state index contributed by atoms with van der Waals surface area (Å²) in [5.41, 5.74) is 2.46. The third-order valence-electron chi connectivity index (χ3n) is 6.25. The second-order valence-electron chi connectivity index (χ2n) is 8.35. The first-order valence-electron chi connectivity index (χ1n) is 10.9. The van der Waals surface area contributed by atoms with Crippen molar-refractivity contribution in [3.8, 4) is 12.1 Å². The third kappa shape index (κ3) is 3.84. The summed E-state index contributed by atoms with van der Waals surface area (Å²) in [6, 6.07) is 8.49. The standard InChI is InChI=1S/C22H23ClN10O/c1-13-10-31(16-11-34-12-16)3-4-32(13)18-6-14(7-24)5-17(19(18)23)28-21-29-20-15(8-25)9-27-33(20)22(26-2)30-21/h5-6,9,13,16H,3-4,10-12H2,1-2H3,(H2,26,28,29,30)/t13-/m0/s1. The Kier molecular flexibility index (Phi) is 5.84. The number of aromatic nitrogens is 4. The van der Waals surface area contributed by atoms with Crippen molar-refractivity contribution < 1.29 is 4.74 Å². The van der Waals surface area contributed by atoms with Crippen LogP contribution < -0.4 is 15.5 Å². The van der Waals surface area contributed by atoms with Gasteiger partial charge in [-0.25, -0.2) is 0 Å². The second-order valence-corrected chi connectivity index (χ2v) is 8.73. The van der Waals surface area contributed by atoms with E-state index in [1.54, 1.807) is 13.1 Å². The average Bonchev–Trinajstić information content (AvgIpc) is 3.22. The van der Waals surface area contributed by atoms with Crippen LogP contribution in [0.25, 0.3) is 5.65 Å². The Bertz CT molecular complexity index is 1320. The number of hydrogen-bond donors (Lipinski definition) is 2. The van der Waals surface area contributed by atoms with E-state index in [-0.39, 0.29) is 12.0 Å².